The third kappa shape index (κ3) is 3.66. The van der Waals surface area contributed by atoms with Crippen molar-refractivity contribution in [2.45, 2.75) is 25.7 Å². The van der Waals surface area contributed by atoms with E-state index in [4.69, 9.17) is 0 Å². The van der Waals surface area contributed by atoms with Gasteiger partial charge < -0.3 is 4.90 Å². The van der Waals surface area contributed by atoms with Crippen molar-refractivity contribution in [1.82, 2.24) is 9.21 Å². The molecule has 0 bridgehead atoms. The average molecular weight is 372 g/mol. The van der Waals surface area contributed by atoms with E-state index in [-0.39, 0.29) is 5.91 Å². The topological polar surface area (TPSA) is 57.7 Å². The molecule has 5 nitrogen and oxygen atoms in total. The van der Waals surface area contributed by atoms with E-state index in [9.17, 15) is 13.2 Å². The first-order valence-electron chi connectivity index (χ1n) is 8.72. The molecule has 1 aliphatic heterocycles. The first-order chi connectivity index (χ1) is 12.3. The zero-order valence-corrected chi connectivity index (χ0v) is 16.2. The molecular weight excluding hydrogens is 348 g/mol. The number of aryl methyl sites for hydroxylation is 3. The van der Waals surface area contributed by atoms with Crippen LogP contribution >= 0.6 is 0 Å². The number of hydrogen-bond acceptors (Lipinski definition) is 3. The van der Waals surface area contributed by atoms with Gasteiger partial charge in [0, 0.05) is 31.7 Å². The van der Waals surface area contributed by atoms with Crippen LogP contribution in [0, 0.1) is 20.8 Å². The normalized spacial score (nSPS) is 15.9. The van der Waals surface area contributed by atoms with Crippen molar-refractivity contribution in [1.29, 1.82) is 0 Å². The summed E-state index contributed by atoms with van der Waals surface area (Å²) >= 11 is 0. The molecule has 0 unspecified atom stereocenters. The fourth-order valence-corrected chi connectivity index (χ4v) is 4.81. The summed E-state index contributed by atoms with van der Waals surface area (Å²) in [6.07, 6.45) is 0. The SMILES string of the molecule is Cc1cccc(S(=O)(=O)N2CCN(C(=O)c3ccc(C)cc3C)CC2)c1. The van der Waals surface area contributed by atoms with Gasteiger partial charge >= 0.3 is 0 Å². The smallest absolute Gasteiger partial charge is 0.254 e. The predicted octanol–water partition coefficient (Wildman–Crippen LogP) is 2.76. The summed E-state index contributed by atoms with van der Waals surface area (Å²) < 4.78 is 27.1. The maximum atomic E-state index is 12.8. The number of carbonyl (C=O) groups is 1. The van der Waals surface area contributed by atoms with E-state index in [1.54, 1.807) is 23.1 Å². The van der Waals surface area contributed by atoms with Crippen LogP contribution < -0.4 is 0 Å². The summed E-state index contributed by atoms with van der Waals surface area (Å²) in [4.78, 5) is 14.8. The fraction of sp³-hybridized carbons (Fsp3) is 0.350. The third-order valence-corrected chi connectivity index (χ3v) is 6.66. The Hall–Kier alpha value is -2.18. The van der Waals surface area contributed by atoms with Gasteiger partial charge in [-0.1, -0.05) is 29.8 Å². The number of benzene rings is 2. The molecule has 0 saturated carbocycles. The van der Waals surface area contributed by atoms with Crippen molar-refractivity contribution >= 4 is 15.9 Å². The summed E-state index contributed by atoms with van der Waals surface area (Å²) in [6, 6.07) is 12.7. The first-order valence-corrected chi connectivity index (χ1v) is 10.2. The van der Waals surface area contributed by atoms with Gasteiger partial charge in [0.1, 0.15) is 0 Å². The molecule has 3 rings (SSSR count). The minimum Gasteiger partial charge on any atom is -0.336 e. The Morgan fingerprint density at radius 2 is 1.54 bits per heavy atom. The molecule has 0 aliphatic carbocycles. The molecule has 0 spiro atoms. The van der Waals surface area contributed by atoms with E-state index in [2.05, 4.69) is 0 Å². The molecule has 1 saturated heterocycles. The van der Waals surface area contributed by atoms with Gasteiger partial charge in [-0.2, -0.15) is 4.31 Å². The van der Waals surface area contributed by atoms with Crippen LogP contribution in [0.1, 0.15) is 27.0 Å². The lowest BCUT2D eigenvalue weighted by atomic mass is 10.0. The zero-order chi connectivity index (χ0) is 18.9. The average Bonchev–Trinajstić information content (AvgIpc) is 2.61. The lowest BCUT2D eigenvalue weighted by Crippen LogP contribution is -2.50. The second-order valence-corrected chi connectivity index (χ2v) is 8.77. The quantitative estimate of drug-likeness (QED) is 0.832. The van der Waals surface area contributed by atoms with Crippen molar-refractivity contribution in [3.63, 3.8) is 0 Å². The van der Waals surface area contributed by atoms with E-state index < -0.39 is 10.0 Å². The largest absolute Gasteiger partial charge is 0.336 e. The van der Waals surface area contributed by atoms with Crippen molar-refractivity contribution in [2.75, 3.05) is 26.2 Å². The van der Waals surface area contributed by atoms with Crippen LogP contribution in [0.2, 0.25) is 0 Å². The predicted molar refractivity (Wildman–Crippen MR) is 102 cm³/mol. The lowest BCUT2D eigenvalue weighted by Gasteiger charge is -2.34. The van der Waals surface area contributed by atoms with Gasteiger partial charge in [0.25, 0.3) is 5.91 Å². The van der Waals surface area contributed by atoms with Crippen LogP contribution in [0.3, 0.4) is 0 Å². The molecule has 2 aromatic rings. The molecule has 6 heteroatoms. The van der Waals surface area contributed by atoms with E-state index in [0.29, 0.717) is 36.6 Å². The highest BCUT2D eigenvalue weighted by molar-refractivity contribution is 7.89. The van der Waals surface area contributed by atoms with Crippen LogP contribution in [0.4, 0.5) is 0 Å². The minimum absolute atomic E-state index is 0.0323. The molecule has 26 heavy (non-hydrogen) atoms. The second kappa shape index (κ2) is 7.21. The highest BCUT2D eigenvalue weighted by Crippen LogP contribution is 2.20. The Morgan fingerprint density at radius 3 is 2.15 bits per heavy atom. The third-order valence-electron chi connectivity index (χ3n) is 4.77. The van der Waals surface area contributed by atoms with Crippen LogP contribution in [0.25, 0.3) is 0 Å². The van der Waals surface area contributed by atoms with Crippen LogP contribution in [0.15, 0.2) is 47.4 Å². The molecule has 0 aromatic heterocycles. The van der Waals surface area contributed by atoms with E-state index in [1.807, 2.05) is 45.0 Å². The lowest BCUT2D eigenvalue weighted by molar-refractivity contribution is 0.0697. The molecule has 138 valence electrons. The van der Waals surface area contributed by atoms with Gasteiger partial charge in [-0.25, -0.2) is 8.42 Å². The van der Waals surface area contributed by atoms with Crippen molar-refractivity contribution in [3.05, 3.63) is 64.7 Å². The Labute approximate surface area is 155 Å². The summed E-state index contributed by atoms with van der Waals surface area (Å²) in [5.41, 5.74) is 3.67. The van der Waals surface area contributed by atoms with Gasteiger partial charge in [-0.05, 0) is 50.1 Å². The van der Waals surface area contributed by atoms with Gasteiger partial charge in [0.05, 0.1) is 4.90 Å². The van der Waals surface area contributed by atoms with Crippen molar-refractivity contribution < 1.29 is 13.2 Å². The Kier molecular flexibility index (Phi) is 5.16. The van der Waals surface area contributed by atoms with Crippen molar-refractivity contribution in [3.8, 4) is 0 Å². The Balaban J connectivity index is 1.72. The number of amides is 1. The van der Waals surface area contributed by atoms with E-state index >= 15 is 0 Å². The fourth-order valence-electron chi connectivity index (χ4n) is 3.28. The number of piperazine rings is 1. The van der Waals surface area contributed by atoms with Crippen LogP contribution in [-0.2, 0) is 10.0 Å². The summed E-state index contributed by atoms with van der Waals surface area (Å²) in [5, 5.41) is 0. The molecule has 0 N–H and O–H groups in total. The molecule has 1 aliphatic rings. The zero-order valence-electron chi connectivity index (χ0n) is 15.4. The molecule has 0 radical (unpaired) electrons. The monoisotopic (exact) mass is 372 g/mol. The number of hydrogen-bond donors (Lipinski definition) is 0. The Morgan fingerprint density at radius 1 is 0.885 bits per heavy atom. The number of rotatable bonds is 3. The van der Waals surface area contributed by atoms with Gasteiger partial charge in [0.15, 0.2) is 0 Å². The number of sulfonamides is 1. The molecular formula is C20H24N2O3S. The highest BCUT2D eigenvalue weighted by Gasteiger charge is 2.30. The summed E-state index contributed by atoms with van der Waals surface area (Å²) in [7, 11) is -3.52. The highest BCUT2D eigenvalue weighted by atomic mass is 32.2. The van der Waals surface area contributed by atoms with Crippen molar-refractivity contribution in [2.24, 2.45) is 0 Å². The number of nitrogens with zero attached hydrogens (tertiary/aromatic N) is 2. The molecule has 0 atom stereocenters. The Bertz CT molecular complexity index is 930. The van der Waals surface area contributed by atoms with Crippen LogP contribution in [0.5, 0.6) is 0 Å². The van der Waals surface area contributed by atoms with Gasteiger partial charge in [-0.3, -0.25) is 4.79 Å². The van der Waals surface area contributed by atoms with E-state index in [1.165, 1.54) is 4.31 Å². The molecule has 2 aromatic carbocycles. The van der Waals surface area contributed by atoms with E-state index in [0.717, 1.165) is 16.7 Å². The second-order valence-electron chi connectivity index (χ2n) is 6.83. The molecule has 1 amide bonds. The maximum absolute atomic E-state index is 12.8. The summed E-state index contributed by atoms with van der Waals surface area (Å²) in [6.45, 7) is 7.22. The standard InChI is InChI=1S/C20H24N2O3S/c1-15-5-4-6-18(14-15)26(24,25)22-11-9-21(10-12-22)20(23)19-8-7-16(2)13-17(19)3/h4-8,13-14H,9-12H2,1-3H3. The maximum Gasteiger partial charge on any atom is 0.254 e. The molecule has 1 heterocycles. The van der Waals surface area contributed by atoms with Gasteiger partial charge in [-0.15, -0.1) is 0 Å². The van der Waals surface area contributed by atoms with Gasteiger partial charge in [0.2, 0.25) is 10.0 Å². The first kappa shape index (κ1) is 18.6. The van der Waals surface area contributed by atoms with Crippen LogP contribution in [-0.4, -0.2) is 49.7 Å². The summed E-state index contributed by atoms with van der Waals surface area (Å²) in [5.74, 6) is -0.0323. The minimum atomic E-state index is -3.52. The molecule has 1 fully saturated rings. The number of carbonyl (C=O) groups excluding carboxylic acids is 1.